The van der Waals surface area contributed by atoms with Gasteiger partial charge in [-0.2, -0.15) is 0 Å². The van der Waals surface area contributed by atoms with Gasteiger partial charge >= 0.3 is 0 Å². The predicted molar refractivity (Wildman–Crippen MR) is 94.8 cm³/mol. The molecule has 24 heavy (non-hydrogen) atoms. The van der Waals surface area contributed by atoms with Gasteiger partial charge in [0.15, 0.2) is 0 Å². The average Bonchev–Trinajstić information content (AvgIpc) is 2.98. The maximum Gasteiger partial charge on any atom is 0.227 e. The monoisotopic (exact) mass is 322 g/mol. The van der Waals surface area contributed by atoms with E-state index in [1.54, 1.807) is 4.90 Å². The lowest BCUT2D eigenvalue weighted by molar-refractivity contribution is -0.126. The molecule has 0 radical (unpaired) electrons. The van der Waals surface area contributed by atoms with Crippen molar-refractivity contribution in [3.63, 3.8) is 0 Å². The molecule has 1 N–H and O–H groups in total. The number of carbonyl (C=O) groups is 2. The van der Waals surface area contributed by atoms with Crippen molar-refractivity contribution in [2.24, 2.45) is 5.92 Å². The molecule has 2 aromatic carbocycles. The molecule has 1 saturated heterocycles. The Hall–Kier alpha value is -2.62. The van der Waals surface area contributed by atoms with E-state index in [1.165, 1.54) is 5.56 Å². The average molecular weight is 322 g/mol. The molecule has 4 heteroatoms. The van der Waals surface area contributed by atoms with Gasteiger partial charge in [-0.1, -0.05) is 48.0 Å². The number of benzene rings is 2. The van der Waals surface area contributed by atoms with Crippen molar-refractivity contribution in [3.05, 3.63) is 65.7 Å². The lowest BCUT2D eigenvalue weighted by Crippen LogP contribution is -2.34. The first-order valence-electron chi connectivity index (χ1n) is 8.32. The molecule has 0 aromatic heterocycles. The molecule has 4 nitrogen and oxygen atoms in total. The standard InChI is InChI=1S/C20H22N2O2/c1-15-7-9-18(10-8-15)22-14-17(13-19(22)23)20(24)21-12-11-16-5-3-2-4-6-16/h2-10,17H,11-14H2,1H3,(H,21,24)/t17-/m0/s1. The number of rotatable bonds is 5. The van der Waals surface area contributed by atoms with Crippen LogP contribution in [0.25, 0.3) is 0 Å². The summed E-state index contributed by atoms with van der Waals surface area (Å²) in [5.41, 5.74) is 3.22. The first-order valence-corrected chi connectivity index (χ1v) is 8.32. The van der Waals surface area contributed by atoms with Crippen molar-refractivity contribution in [1.29, 1.82) is 0 Å². The SMILES string of the molecule is Cc1ccc(N2C[C@@H](C(=O)NCCc3ccccc3)CC2=O)cc1. The van der Waals surface area contributed by atoms with Crippen molar-refractivity contribution in [2.75, 3.05) is 18.0 Å². The third-order valence-corrected chi connectivity index (χ3v) is 4.40. The zero-order chi connectivity index (χ0) is 16.9. The first kappa shape index (κ1) is 16.2. The molecule has 2 amide bonds. The minimum absolute atomic E-state index is 0.0158. The Labute approximate surface area is 142 Å². The molecule has 0 saturated carbocycles. The minimum atomic E-state index is -0.269. The van der Waals surface area contributed by atoms with E-state index >= 15 is 0 Å². The smallest absolute Gasteiger partial charge is 0.227 e. The summed E-state index contributed by atoms with van der Waals surface area (Å²) in [5, 5.41) is 2.96. The molecule has 2 aromatic rings. The maximum atomic E-state index is 12.3. The number of aryl methyl sites for hydroxylation is 1. The van der Waals surface area contributed by atoms with Crippen LogP contribution < -0.4 is 10.2 Å². The molecular formula is C20H22N2O2. The van der Waals surface area contributed by atoms with Gasteiger partial charge < -0.3 is 10.2 Å². The van der Waals surface area contributed by atoms with Crippen LogP contribution in [0.2, 0.25) is 0 Å². The van der Waals surface area contributed by atoms with Crippen molar-refractivity contribution >= 4 is 17.5 Å². The molecule has 1 aliphatic heterocycles. The number of anilines is 1. The van der Waals surface area contributed by atoms with E-state index in [0.29, 0.717) is 13.1 Å². The van der Waals surface area contributed by atoms with Crippen molar-refractivity contribution in [3.8, 4) is 0 Å². The highest BCUT2D eigenvalue weighted by atomic mass is 16.2. The summed E-state index contributed by atoms with van der Waals surface area (Å²) >= 11 is 0. The van der Waals surface area contributed by atoms with Crippen LogP contribution in [0.3, 0.4) is 0 Å². The van der Waals surface area contributed by atoms with E-state index in [2.05, 4.69) is 5.32 Å². The molecule has 1 aliphatic rings. The Morgan fingerprint density at radius 1 is 1.12 bits per heavy atom. The van der Waals surface area contributed by atoms with Gasteiger partial charge in [0, 0.05) is 25.2 Å². The number of nitrogens with one attached hydrogen (secondary N) is 1. The van der Waals surface area contributed by atoms with Gasteiger partial charge in [0.2, 0.25) is 11.8 Å². The predicted octanol–water partition coefficient (Wildman–Crippen LogP) is 2.71. The summed E-state index contributed by atoms with van der Waals surface area (Å²) < 4.78 is 0. The second kappa shape index (κ2) is 7.30. The normalized spacial score (nSPS) is 17.1. The summed E-state index contributed by atoms with van der Waals surface area (Å²) in [6.07, 6.45) is 1.08. The van der Waals surface area contributed by atoms with Crippen LogP contribution in [0.4, 0.5) is 5.69 Å². The van der Waals surface area contributed by atoms with E-state index < -0.39 is 0 Å². The van der Waals surface area contributed by atoms with Crippen LogP contribution in [0.1, 0.15) is 17.5 Å². The molecule has 3 rings (SSSR count). The van der Waals surface area contributed by atoms with Gasteiger partial charge in [-0.05, 0) is 31.0 Å². The number of carbonyl (C=O) groups excluding carboxylic acids is 2. The summed E-state index contributed by atoms with van der Waals surface area (Å²) in [4.78, 5) is 26.2. The van der Waals surface area contributed by atoms with Crippen molar-refractivity contribution in [2.45, 2.75) is 19.8 Å². The van der Waals surface area contributed by atoms with Crippen LogP contribution in [0.15, 0.2) is 54.6 Å². The van der Waals surface area contributed by atoms with E-state index in [-0.39, 0.29) is 24.2 Å². The van der Waals surface area contributed by atoms with E-state index in [1.807, 2.05) is 61.5 Å². The van der Waals surface area contributed by atoms with Gasteiger partial charge in [0.05, 0.1) is 5.92 Å². The lowest BCUT2D eigenvalue weighted by atomic mass is 10.1. The third-order valence-electron chi connectivity index (χ3n) is 4.40. The highest BCUT2D eigenvalue weighted by molar-refractivity contribution is 6.00. The van der Waals surface area contributed by atoms with Gasteiger partial charge in [-0.25, -0.2) is 0 Å². The van der Waals surface area contributed by atoms with Crippen LogP contribution in [-0.2, 0) is 16.0 Å². The molecule has 1 heterocycles. The third kappa shape index (κ3) is 3.82. The molecule has 0 spiro atoms. The maximum absolute atomic E-state index is 12.3. The lowest BCUT2D eigenvalue weighted by Gasteiger charge is -2.17. The largest absolute Gasteiger partial charge is 0.355 e. The minimum Gasteiger partial charge on any atom is -0.355 e. The Morgan fingerprint density at radius 3 is 2.54 bits per heavy atom. The van der Waals surface area contributed by atoms with Gasteiger partial charge in [0.25, 0.3) is 0 Å². The van der Waals surface area contributed by atoms with Gasteiger partial charge in [-0.15, -0.1) is 0 Å². The van der Waals surface area contributed by atoms with Crippen molar-refractivity contribution < 1.29 is 9.59 Å². The fourth-order valence-electron chi connectivity index (χ4n) is 2.98. The van der Waals surface area contributed by atoms with Crippen LogP contribution in [0.5, 0.6) is 0 Å². The Bertz CT molecular complexity index is 710. The van der Waals surface area contributed by atoms with Gasteiger partial charge in [0.1, 0.15) is 0 Å². The quantitative estimate of drug-likeness (QED) is 0.920. The molecule has 0 unspecified atom stereocenters. The zero-order valence-electron chi connectivity index (χ0n) is 13.9. The topological polar surface area (TPSA) is 49.4 Å². The summed E-state index contributed by atoms with van der Waals surface area (Å²) in [7, 11) is 0. The fourth-order valence-corrected chi connectivity index (χ4v) is 2.98. The number of hydrogen-bond acceptors (Lipinski definition) is 2. The molecule has 0 bridgehead atoms. The number of hydrogen-bond donors (Lipinski definition) is 1. The van der Waals surface area contributed by atoms with Crippen LogP contribution in [0, 0.1) is 12.8 Å². The highest BCUT2D eigenvalue weighted by Crippen LogP contribution is 2.25. The molecule has 1 fully saturated rings. The first-order chi connectivity index (χ1) is 11.6. The zero-order valence-corrected chi connectivity index (χ0v) is 13.9. The fraction of sp³-hybridized carbons (Fsp3) is 0.300. The second-order valence-electron chi connectivity index (χ2n) is 6.27. The summed E-state index contributed by atoms with van der Waals surface area (Å²) in [5.74, 6) is -0.287. The van der Waals surface area contributed by atoms with E-state index in [0.717, 1.165) is 17.7 Å². The Balaban J connectivity index is 1.53. The van der Waals surface area contributed by atoms with E-state index in [9.17, 15) is 9.59 Å². The Morgan fingerprint density at radius 2 is 1.83 bits per heavy atom. The second-order valence-corrected chi connectivity index (χ2v) is 6.27. The van der Waals surface area contributed by atoms with Crippen molar-refractivity contribution in [1.82, 2.24) is 5.32 Å². The van der Waals surface area contributed by atoms with Gasteiger partial charge in [-0.3, -0.25) is 9.59 Å². The molecule has 1 atom stereocenters. The molecule has 124 valence electrons. The van der Waals surface area contributed by atoms with E-state index in [4.69, 9.17) is 0 Å². The summed E-state index contributed by atoms with van der Waals surface area (Å²) in [6, 6.07) is 17.9. The number of nitrogens with zero attached hydrogens (tertiary/aromatic N) is 1. The van der Waals surface area contributed by atoms with Crippen LogP contribution in [-0.4, -0.2) is 24.9 Å². The van der Waals surface area contributed by atoms with Crippen LogP contribution >= 0.6 is 0 Å². The number of amides is 2. The molecular weight excluding hydrogens is 300 g/mol. The molecule has 0 aliphatic carbocycles. The summed E-state index contributed by atoms with van der Waals surface area (Å²) in [6.45, 7) is 3.07. The highest BCUT2D eigenvalue weighted by Gasteiger charge is 2.34. The Kier molecular flexibility index (Phi) is 4.94.